The zero-order valence-electron chi connectivity index (χ0n) is 10.7. The Labute approximate surface area is 106 Å². The number of nitrogens with zero attached hydrogens (tertiary/aromatic N) is 2. The van der Waals surface area contributed by atoms with E-state index in [1.165, 1.54) is 0 Å². The lowest BCUT2D eigenvalue weighted by Crippen LogP contribution is -2.63. The second-order valence-electron chi connectivity index (χ2n) is 5.30. The summed E-state index contributed by atoms with van der Waals surface area (Å²) < 4.78 is 28.6. The second kappa shape index (κ2) is 5.38. The second-order valence-corrected chi connectivity index (χ2v) is 5.30. The average molecular weight is 262 g/mol. The van der Waals surface area contributed by atoms with Crippen molar-refractivity contribution in [1.82, 2.24) is 9.80 Å². The summed E-state index contributed by atoms with van der Waals surface area (Å²) in [6, 6.07) is 0. The van der Waals surface area contributed by atoms with E-state index >= 15 is 0 Å². The van der Waals surface area contributed by atoms with Crippen molar-refractivity contribution in [3.8, 4) is 0 Å². The van der Waals surface area contributed by atoms with E-state index in [0.29, 0.717) is 13.1 Å². The van der Waals surface area contributed by atoms with Crippen molar-refractivity contribution in [2.24, 2.45) is 5.41 Å². The van der Waals surface area contributed by atoms with Crippen LogP contribution in [0.15, 0.2) is 0 Å². The Bertz CT molecular complexity index is 306. The Morgan fingerprint density at radius 1 is 1.39 bits per heavy atom. The van der Waals surface area contributed by atoms with E-state index in [9.17, 15) is 13.6 Å². The van der Waals surface area contributed by atoms with Gasteiger partial charge in [0.05, 0.1) is 0 Å². The van der Waals surface area contributed by atoms with Gasteiger partial charge in [0.1, 0.15) is 0 Å². The van der Waals surface area contributed by atoms with Crippen molar-refractivity contribution in [3.05, 3.63) is 0 Å². The van der Waals surface area contributed by atoms with Gasteiger partial charge in [-0.05, 0) is 19.4 Å². The predicted octanol–water partition coefficient (Wildman–Crippen LogP) is 1.81. The van der Waals surface area contributed by atoms with Crippen LogP contribution in [-0.4, -0.2) is 61.6 Å². The van der Waals surface area contributed by atoms with E-state index in [0.717, 1.165) is 32.5 Å². The summed E-state index contributed by atoms with van der Waals surface area (Å²) in [4.78, 5) is 15.5. The molecule has 0 unspecified atom stereocenters. The van der Waals surface area contributed by atoms with Gasteiger partial charge in [-0.25, -0.2) is 13.6 Å². The van der Waals surface area contributed by atoms with Gasteiger partial charge in [-0.1, -0.05) is 6.92 Å². The van der Waals surface area contributed by atoms with E-state index in [1.54, 1.807) is 4.90 Å². The summed E-state index contributed by atoms with van der Waals surface area (Å²) >= 11 is 0. The van der Waals surface area contributed by atoms with Crippen molar-refractivity contribution in [1.29, 1.82) is 0 Å². The van der Waals surface area contributed by atoms with Gasteiger partial charge in [-0.3, -0.25) is 0 Å². The van der Waals surface area contributed by atoms with Gasteiger partial charge < -0.3 is 14.5 Å². The quantitative estimate of drug-likeness (QED) is 0.777. The van der Waals surface area contributed by atoms with E-state index in [4.69, 9.17) is 0 Å². The van der Waals surface area contributed by atoms with Crippen molar-refractivity contribution in [3.63, 3.8) is 0 Å². The summed E-state index contributed by atoms with van der Waals surface area (Å²) in [7, 11) is 0. The molecule has 0 aromatic carbocycles. The normalized spacial score (nSPS) is 23.2. The Kier molecular flexibility index (Phi) is 4.04. The maximum atomic E-state index is 12.0. The van der Waals surface area contributed by atoms with Crippen LogP contribution in [0.2, 0.25) is 0 Å². The molecule has 18 heavy (non-hydrogen) atoms. The Morgan fingerprint density at radius 3 is 2.72 bits per heavy atom. The number of piperidine rings is 1. The molecule has 2 heterocycles. The number of amides is 1. The minimum Gasteiger partial charge on any atom is -0.443 e. The molecule has 0 bridgehead atoms. The van der Waals surface area contributed by atoms with Crippen molar-refractivity contribution >= 4 is 6.09 Å². The lowest BCUT2D eigenvalue weighted by molar-refractivity contribution is -0.0525. The van der Waals surface area contributed by atoms with E-state index in [2.05, 4.69) is 16.6 Å². The van der Waals surface area contributed by atoms with Crippen LogP contribution >= 0.6 is 0 Å². The summed E-state index contributed by atoms with van der Waals surface area (Å²) in [6.45, 7) is 5.61. The van der Waals surface area contributed by atoms with Gasteiger partial charge in [-0.2, -0.15) is 0 Å². The largest absolute Gasteiger partial charge is 0.443 e. The van der Waals surface area contributed by atoms with E-state index in [1.807, 2.05) is 0 Å². The van der Waals surface area contributed by atoms with Crippen LogP contribution in [0.1, 0.15) is 19.8 Å². The molecule has 1 amide bonds. The lowest BCUT2D eigenvalue weighted by atomic mass is 9.73. The Balaban J connectivity index is 1.82. The maximum absolute atomic E-state index is 12.0. The number of alkyl halides is 2. The molecule has 0 radical (unpaired) electrons. The third-order valence-electron chi connectivity index (χ3n) is 3.82. The third-order valence-corrected chi connectivity index (χ3v) is 3.82. The molecule has 2 aliphatic rings. The van der Waals surface area contributed by atoms with Crippen LogP contribution in [-0.2, 0) is 4.74 Å². The van der Waals surface area contributed by atoms with Crippen molar-refractivity contribution in [2.75, 3.05) is 39.3 Å². The fraction of sp³-hybridized carbons (Fsp3) is 0.917. The highest BCUT2D eigenvalue weighted by Gasteiger charge is 2.46. The molecule has 2 saturated heterocycles. The van der Waals surface area contributed by atoms with Gasteiger partial charge in [0.15, 0.2) is 6.61 Å². The molecule has 2 aliphatic heterocycles. The fourth-order valence-electron chi connectivity index (χ4n) is 2.97. The molecule has 0 atom stereocenters. The van der Waals surface area contributed by atoms with Crippen LogP contribution in [0.5, 0.6) is 0 Å². The molecule has 0 N–H and O–H groups in total. The number of carbonyl (C=O) groups is 1. The van der Waals surface area contributed by atoms with Gasteiger partial charge in [0.2, 0.25) is 0 Å². The van der Waals surface area contributed by atoms with Crippen LogP contribution in [0, 0.1) is 5.41 Å². The highest BCUT2D eigenvalue weighted by atomic mass is 19.3. The van der Waals surface area contributed by atoms with Gasteiger partial charge in [-0.15, -0.1) is 0 Å². The fourth-order valence-corrected chi connectivity index (χ4v) is 2.97. The lowest BCUT2D eigenvalue weighted by Gasteiger charge is -2.54. The summed E-state index contributed by atoms with van der Waals surface area (Å²) in [6.07, 6.45) is -1.14. The monoisotopic (exact) mass is 262 g/mol. The molecule has 104 valence electrons. The van der Waals surface area contributed by atoms with Crippen LogP contribution < -0.4 is 0 Å². The van der Waals surface area contributed by atoms with Crippen LogP contribution in [0.3, 0.4) is 0 Å². The Hall–Kier alpha value is -0.910. The predicted molar refractivity (Wildman–Crippen MR) is 62.7 cm³/mol. The molecule has 0 saturated carbocycles. The smallest absolute Gasteiger partial charge is 0.409 e. The van der Waals surface area contributed by atoms with Gasteiger partial charge >= 0.3 is 6.09 Å². The summed E-state index contributed by atoms with van der Waals surface area (Å²) in [5.74, 6) is 0. The molecule has 1 spiro atoms. The number of likely N-dealkylation sites (tertiary alicyclic amines) is 2. The molecule has 0 aliphatic carbocycles. The van der Waals surface area contributed by atoms with Crippen LogP contribution in [0.25, 0.3) is 0 Å². The molecule has 4 nitrogen and oxygen atoms in total. The topological polar surface area (TPSA) is 32.8 Å². The maximum Gasteiger partial charge on any atom is 0.409 e. The molecular weight excluding hydrogens is 242 g/mol. The third kappa shape index (κ3) is 2.91. The van der Waals surface area contributed by atoms with Gasteiger partial charge in [0, 0.05) is 31.6 Å². The highest BCUT2D eigenvalue weighted by molar-refractivity contribution is 5.67. The number of halogens is 2. The van der Waals surface area contributed by atoms with Crippen molar-refractivity contribution in [2.45, 2.75) is 26.2 Å². The molecule has 0 aromatic heterocycles. The minimum absolute atomic E-state index is 0.179. The zero-order chi connectivity index (χ0) is 13.2. The summed E-state index contributed by atoms with van der Waals surface area (Å²) in [5, 5.41) is 0. The van der Waals surface area contributed by atoms with Crippen LogP contribution in [0.4, 0.5) is 13.6 Å². The Morgan fingerprint density at radius 2 is 2.11 bits per heavy atom. The number of rotatable bonds is 3. The van der Waals surface area contributed by atoms with Gasteiger partial charge in [0.25, 0.3) is 6.43 Å². The first-order valence-electron chi connectivity index (χ1n) is 6.47. The first-order valence-corrected chi connectivity index (χ1v) is 6.47. The average Bonchev–Trinajstić information content (AvgIpc) is 2.32. The standard InChI is InChI=1S/C12H20F2N2O2/c1-2-15-7-12(8-15)4-3-5-16(9-12)11(17)18-6-10(13)14/h10H,2-9H2,1H3. The summed E-state index contributed by atoms with van der Waals surface area (Å²) in [5.41, 5.74) is 0.179. The highest BCUT2D eigenvalue weighted by Crippen LogP contribution is 2.38. The minimum atomic E-state index is -2.59. The first kappa shape index (κ1) is 13.5. The number of hydrogen-bond acceptors (Lipinski definition) is 3. The van der Waals surface area contributed by atoms with E-state index < -0.39 is 19.1 Å². The molecule has 2 rings (SSSR count). The van der Waals surface area contributed by atoms with E-state index in [-0.39, 0.29) is 5.41 Å². The van der Waals surface area contributed by atoms with Crippen molar-refractivity contribution < 1.29 is 18.3 Å². The number of hydrogen-bond donors (Lipinski definition) is 0. The first-order chi connectivity index (χ1) is 8.54. The molecule has 6 heteroatoms. The number of carbonyl (C=O) groups excluding carboxylic acids is 1. The number of ether oxygens (including phenoxy) is 1. The molecule has 2 fully saturated rings. The molecular formula is C12H20F2N2O2. The molecule has 0 aromatic rings. The zero-order valence-corrected chi connectivity index (χ0v) is 10.7. The SMILES string of the molecule is CCN1CC2(CCCN(C(=O)OCC(F)F)C2)C1.